The number of hydrogen-bond donors (Lipinski definition) is 1. The summed E-state index contributed by atoms with van der Waals surface area (Å²) in [7, 11) is 0. The molecule has 0 atom stereocenters. The number of nitrogens with one attached hydrogen (secondary N) is 1. The molecular formula is C13H19FN2O2. The maximum absolute atomic E-state index is 13.8. The van der Waals surface area contributed by atoms with Gasteiger partial charge in [0.1, 0.15) is 0 Å². The lowest BCUT2D eigenvalue weighted by Gasteiger charge is -2.26. The van der Waals surface area contributed by atoms with E-state index in [1.165, 1.54) is 12.1 Å². The van der Waals surface area contributed by atoms with Crippen molar-refractivity contribution in [2.24, 2.45) is 0 Å². The van der Waals surface area contributed by atoms with Gasteiger partial charge >= 0.3 is 5.69 Å². The predicted molar refractivity (Wildman–Crippen MR) is 68.9 cm³/mol. The van der Waals surface area contributed by atoms with Crippen LogP contribution in [0.4, 0.5) is 10.1 Å². The molecule has 0 bridgehead atoms. The fourth-order valence-corrected chi connectivity index (χ4v) is 1.89. The van der Waals surface area contributed by atoms with E-state index < -0.39 is 16.4 Å². The highest BCUT2D eigenvalue weighted by atomic mass is 19.1. The van der Waals surface area contributed by atoms with Crippen LogP contribution in [0, 0.1) is 15.9 Å². The minimum absolute atomic E-state index is 0.105. The van der Waals surface area contributed by atoms with Gasteiger partial charge in [-0.15, -0.1) is 0 Å². The zero-order valence-electron chi connectivity index (χ0n) is 11.0. The molecule has 1 N–H and O–H groups in total. The molecule has 1 aromatic rings. The summed E-state index contributed by atoms with van der Waals surface area (Å²) in [5.41, 5.74) is -0.248. The largest absolute Gasteiger partial charge is 0.308 e. The van der Waals surface area contributed by atoms with Crippen LogP contribution in [0.1, 0.15) is 39.2 Å². The second-order valence-corrected chi connectivity index (χ2v) is 4.99. The van der Waals surface area contributed by atoms with Crippen LogP contribution in [0.25, 0.3) is 0 Å². The number of nitro groups is 1. The first-order chi connectivity index (χ1) is 8.37. The van der Waals surface area contributed by atoms with E-state index >= 15 is 0 Å². The number of hydrogen-bond acceptors (Lipinski definition) is 3. The summed E-state index contributed by atoms with van der Waals surface area (Å²) < 4.78 is 13.8. The summed E-state index contributed by atoms with van der Waals surface area (Å²) in [5, 5.41) is 13.8. The highest BCUT2D eigenvalue weighted by molar-refractivity contribution is 5.36. The summed E-state index contributed by atoms with van der Waals surface area (Å²) in [4.78, 5) is 9.92. The first-order valence-corrected chi connectivity index (χ1v) is 6.04. The Balaban J connectivity index is 2.80. The summed E-state index contributed by atoms with van der Waals surface area (Å²) in [6.45, 7) is 6.44. The molecule has 0 aliphatic carbocycles. The van der Waals surface area contributed by atoms with E-state index in [0.717, 1.165) is 12.8 Å². The van der Waals surface area contributed by atoms with Gasteiger partial charge in [0.2, 0.25) is 5.82 Å². The standard InChI is InChI=1S/C13H19FN2O2/c1-4-8-13(2,3)15-9-10-6-5-7-11(12(10)14)16(17)18/h5-7,15H,4,8-9H2,1-3H3. The topological polar surface area (TPSA) is 55.2 Å². The van der Waals surface area contributed by atoms with Crippen LogP contribution in [-0.2, 0) is 6.54 Å². The van der Waals surface area contributed by atoms with Gasteiger partial charge in [-0.05, 0) is 20.3 Å². The molecule has 0 amide bonds. The molecular weight excluding hydrogens is 235 g/mol. The molecule has 0 saturated heterocycles. The van der Waals surface area contributed by atoms with Crippen molar-refractivity contribution in [1.29, 1.82) is 0 Å². The lowest BCUT2D eigenvalue weighted by Crippen LogP contribution is -2.38. The van der Waals surface area contributed by atoms with Crippen molar-refractivity contribution in [1.82, 2.24) is 5.32 Å². The average molecular weight is 254 g/mol. The lowest BCUT2D eigenvalue weighted by atomic mass is 9.98. The molecule has 0 saturated carbocycles. The Kier molecular flexibility index (Phi) is 4.78. The minimum Gasteiger partial charge on any atom is -0.308 e. The molecule has 0 aromatic heterocycles. The number of benzene rings is 1. The summed E-state index contributed by atoms with van der Waals surface area (Å²) in [5.74, 6) is -0.748. The van der Waals surface area contributed by atoms with E-state index in [2.05, 4.69) is 12.2 Å². The van der Waals surface area contributed by atoms with Gasteiger partial charge in [0, 0.05) is 23.7 Å². The van der Waals surface area contributed by atoms with Gasteiger partial charge in [0.05, 0.1) is 4.92 Å². The van der Waals surface area contributed by atoms with Gasteiger partial charge in [-0.2, -0.15) is 4.39 Å². The number of rotatable bonds is 6. The van der Waals surface area contributed by atoms with Gasteiger partial charge in [-0.25, -0.2) is 0 Å². The Labute approximate surface area is 106 Å². The molecule has 1 aromatic carbocycles. The maximum Gasteiger partial charge on any atom is 0.305 e. The lowest BCUT2D eigenvalue weighted by molar-refractivity contribution is -0.387. The quantitative estimate of drug-likeness (QED) is 0.625. The fraction of sp³-hybridized carbons (Fsp3) is 0.538. The van der Waals surface area contributed by atoms with Crippen molar-refractivity contribution in [2.75, 3.05) is 0 Å². The second-order valence-electron chi connectivity index (χ2n) is 4.99. The van der Waals surface area contributed by atoms with E-state index in [-0.39, 0.29) is 5.54 Å². The van der Waals surface area contributed by atoms with Gasteiger partial charge in [-0.1, -0.05) is 25.5 Å². The van der Waals surface area contributed by atoms with Crippen LogP contribution in [0.3, 0.4) is 0 Å². The van der Waals surface area contributed by atoms with Crippen molar-refractivity contribution in [3.63, 3.8) is 0 Å². The SMILES string of the molecule is CCCC(C)(C)NCc1cccc([N+](=O)[O-])c1F. The van der Waals surface area contributed by atoms with Crippen LogP contribution in [0.15, 0.2) is 18.2 Å². The van der Waals surface area contributed by atoms with E-state index in [1.54, 1.807) is 6.07 Å². The Morgan fingerprint density at radius 3 is 2.67 bits per heavy atom. The smallest absolute Gasteiger partial charge is 0.305 e. The predicted octanol–water partition coefficient (Wildman–Crippen LogP) is 3.40. The Bertz CT molecular complexity index is 433. The molecule has 0 heterocycles. The summed E-state index contributed by atoms with van der Waals surface area (Å²) in [6, 6.07) is 4.25. The number of nitrogens with zero attached hydrogens (tertiary/aromatic N) is 1. The van der Waals surface area contributed by atoms with Crippen molar-refractivity contribution >= 4 is 5.69 Å². The minimum atomic E-state index is -0.748. The van der Waals surface area contributed by atoms with Gasteiger partial charge in [0.25, 0.3) is 0 Å². The molecule has 0 aliphatic rings. The van der Waals surface area contributed by atoms with Crippen LogP contribution < -0.4 is 5.32 Å². The molecule has 1 rings (SSSR count). The van der Waals surface area contributed by atoms with Crippen molar-refractivity contribution < 1.29 is 9.31 Å². The monoisotopic (exact) mass is 254 g/mol. The molecule has 100 valence electrons. The Morgan fingerprint density at radius 1 is 1.44 bits per heavy atom. The zero-order chi connectivity index (χ0) is 13.8. The first-order valence-electron chi connectivity index (χ1n) is 6.04. The van der Waals surface area contributed by atoms with Gasteiger partial charge in [0.15, 0.2) is 0 Å². The van der Waals surface area contributed by atoms with Gasteiger partial charge in [-0.3, -0.25) is 10.1 Å². The molecule has 0 fully saturated rings. The molecule has 0 unspecified atom stereocenters. The highest BCUT2D eigenvalue weighted by Gasteiger charge is 2.20. The third-order valence-corrected chi connectivity index (χ3v) is 2.89. The third kappa shape index (κ3) is 3.77. The van der Waals surface area contributed by atoms with Crippen molar-refractivity contribution in [3.8, 4) is 0 Å². The average Bonchev–Trinajstić information content (AvgIpc) is 2.27. The Hall–Kier alpha value is -1.49. The molecule has 4 nitrogen and oxygen atoms in total. The third-order valence-electron chi connectivity index (χ3n) is 2.89. The molecule has 0 radical (unpaired) electrons. The molecule has 0 spiro atoms. The van der Waals surface area contributed by atoms with E-state index in [1.807, 2.05) is 13.8 Å². The summed E-state index contributed by atoms with van der Waals surface area (Å²) in [6.07, 6.45) is 1.99. The first kappa shape index (κ1) is 14.6. The van der Waals surface area contributed by atoms with Gasteiger partial charge < -0.3 is 5.32 Å². The zero-order valence-corrected chi connectivity index (χ0v) is 11.0. The van der Waals surface area contributed by atoms with E-state index in [0.29, 0.717) is 12.1 Å². The van der Waals surface area contributed by atoms with Crippen LogP contribution >= 0.6 is 0 Å². The molecule has 5 heteroatoms. The number of nitro benzene ring substituents is 1. The van der Waals surface area contributed by atoms with Crippen molar-refractivity contribution in [3.05, 3.63) is 39.7 Å². The maximum atomic E-state index is 13.8. The van der Waals surface area contributed by atoms with Crippen molar-refractivity contribution in [2.45, 2.75) is 45.7 Å². The molecule has 0 aliphatic heterocycles. The fourth-order valence-electron chi connectivity index (χ4n) is 1.89. The Morgan fingerprint density at radius 2 is 2.11 bits per heavy atom. The number of halogens is 1. The second kappa shape index (κ2) is 5.91. The van der Waals surface area contributed by atoms with Crippen LogP contribution in [0.5, 0.6) is 0 Å². The van der Waals surface area contributed by atoms with E-state index in [4.69, 9.17) is 0 Å². The van der Waals surface area contributed by atoms with Crippen LogP contribution in [0.2, 0.25) is 0 Å². The van der Waals surface area contributed by atoms with Crippen LogP contribution in [-0.4, -0.2) is 10.5 Å². The highest BCUT2D eigenvalue weighted by Crippen LogP contribution is 2.21. The van der Waals surface area contributed by atoms with E-state index in [9.17, 15) is 14.5 Å². The molecule has 18 heavy (non-hydrogen) atoms. The summed E-state index contributed by atoms with van der Waals surface area (Å²) >= 11 is 0. The normalized spacial score (nSPS) is 11.6.